The normalized spacial score (nSPS) is 12.6. The Hall–Kier alpha value is -0.650. The number of ether oxygens (including phenoxy) is 3. The largest absolute Gasteiger partial charge is 0.465 e. The first kappa shape index (κ1) is 11.4. The molecule has 2 N–H and O–H groups in total. The van der Waals surface area contributed by atoms with Crippen molar-refractivity contribution in [1.82, 2.24) is 0 Å². The van der Waals surface area contributed by atoms with Gasteiger partial charge in [0.1, 0.15) is 12.8 Å². The summed E-state index contributed by atoms with van der Waals surface area (Å²) in [6.07, 6.45) is 0. The number of esters is 1. The smallest absolute Gasteiger partial charge is 0.325 e. The Morgan fingerprint density at radius 2 is 2.25 bits per heavy atom. The molecule has 0 aliphatic carbocycles. The maximum absolute atomic E-state index is 10.9. The van der Waals surface area contributed by atoms with Gasteiger partial charge in [-0.2, -0.15) is 0 Å². The number of rotatable bonds is 6. The summed E-state index contributed by atoms with van der Waals surface area (Å²) in [7, 11) is 1.50. The lowest BCUT2D eigenvalue weighted by Gasteiger charge is -2.09. The minimum Gasteiger partial charge on any atom is -0.465 e. The van der Waals surface area contributed by atoms with Crippen molar-refractivity contribution in [3.8, 4) is 0 Å². The molecule has 0 aromatic carbocycles. The first-order valence-corrected chi connectivity index (χ1v) is 3.71. The molecule has 0 aromatic rings. The highest BCUT2D eigenvalue weighted by molar-refractivity contribution is 5.75. The van der Waals surface area contributed by atoms with Gasteiger partial charge < -0.3 is 19.9 Å². The van der Waals surface area contributed by atoms with E-state index in [-0.39, 0.29) is 13.4 Å². The van der Waals surface area contributed by atoms with Crippen LogP contribution in [0.1, 0.15) is 6.92 Å². The van der Waals surface area contributed by atoms with Gasteiger partial charge in [-0.05, 0) is 6.92 Å². The van der Waals surface area contributed by atoms with Crippen LogP contribution in [-0.4, -0.2) is 39.1 Å². The minimum atomic E-state index is -0.722. The first-order chi connectivity index (χ1) is 5.72. The third-order valence-electron chi connectivity index (χ3n) is 1.09. The second kappa shape index (κ2) is 7.02. The number of carbonyl (C=O) groups excluding carboxylic acids is 1. The molecule has 12 heavy (non-hydrogen) atoms. The van der Waals surface area contributed by atoms with Crippen molar-refractivity contribution < 1.29 is 19.0 Å². The predicted molar refractivity (Wildman–Crippen MR) is 42.4 cm³/mol. The van der Waals surface area contributed by atoms with Crippen molar-refractivity contribution in [3.05, 3.63) is 0 Å². The van der Waals surface area contributed by atoms with Gasteiger partial charge in [0, 0.05) is 7.11 Å². The molecule has 0 aliphatic heterocycles. The molecule has 0 unspecified atom stereocenters. The van der Waals surface area contributed by atoms with E-state index in [4.69, 9.17) is 10.5 Å². The van der Waals surface area contributed by atoms with Gasteiger partial charge in [-0.1, -0.05) is 0 Å². The molecule has 0 heterocycles. The third-order valence-corrected chi connectivity index (χ3v) is 1.09. The van der Waals surface area contributed by atoms with Crippen LogP contribution in [0, 0.1) is 0 Å². The maximum Gasteiger partial charge on any atom is 0.325 e. The second-order valence-corrected chi connectivity index (χ2v) is 2.14. The van der Waals surface area contributed by atoms with E-state index in [1.807, 2.05) is 0 Å². The number of methoxy groups -OCH3 is 1. The van der Waals surface area contributed by atoms with Gasteiger partial charge in [-0.3, -0.25) is 4.79 Å². The molecule has 1 atom stereocenters. The number of hydrogen-bond donors (Lipinski definition) is 1. The zero-order valence-electron chi connectivity index (χ0n) is 7.41. The summed E-state index contributed by atoms with van der Waals surface area (Å²) in [6, 6.07) is -0.722. The highest BCUT2D eigenvalue weighted by atomic mass is 16.7. The fraction of sp³-hybridized carbons (Fsp3) is 0.857. The standard InChI is InChI=1S/C7H15NO4/c1-3-12-7(9)6(8)4-11-5-10-2/h6H,3-5,8H2,1-2H3/t6-/m0/s1. The highest BCUT2D eigenvalue weighted by Crippen LogP contribution is 1.87. The third kappa shape index (κ3) is 5.06. The average Bonchev–Trinajstić information content (AvgIpc) is 2.05. The summed E-state index contributed by atoms with van der Waals surface area (Å²) >= 11 is 0. The van der Waals surface area contributed by atoms with Crippen LogP contribution >= 0.6 is 0 Å². The van der Waals surface area contributed by atoms with E-state index in [0.29, 0.717) is 6.61 Å². The van der Waals surface area contributed by atoms with Crippen molar-refractivity contribution >= 4 is 5.97 Å². The summed E-state index contributed by atoms with van der Waals surface area (Å²) in [5.41, 5.74) is 5.39. The van der Waals surface area contributed by atoms with Gasteiger partial charge in [0.05, 0.1) is 13.2 Å². The van der Waals surface area contributed by atoms with E-state index < -0.39 is 12.0 Å². The number of hydrogen-bond acceptors (Lipinski definition) is 5. The molecular formula is C7H15NO4. The van der Waals surface area contributed by atoms with Gasteiger partial charge in [-0.15, -0.1) is 0 Å². The van der Waals surface area contributed by atoms with E-state index in [2.05, 4.69) is 9.47 Å². The lowest BCUT2D eigenvalue weighted by molar-refractivity contribution is -0.147. The Morgan fingerprint density at radius 3 is 2.75 bits per heavy atom. The molecule has 5 nitrogen and oxygen atoms in total. The maximum atomic E-state index is 10.9. The Balaban J connectivity index is 3.42. The highest BCUT2D eigenvalue weighted by Gasteiger charge is 2.13. The fourth-order valence-electron chi connectivity index (χ4n) is 0.576. The molecule has 0 aromatic heterocycles. The molecule has 0 saturated carbocycles. The first-order valence-electron chi connectivity index (χ1n) is 3.71. The van der Waals surface area contributed by atoms with Crippen LogP contribution in [0.25, 0.3) is 0 Å². The SMILES string of the molecule is CCOC(=O)[C@@H](N)COCOC. The summed E-state index contributed by atoms with van der Waals surface area (Å²) in [6.45, 7) is 2.30. The molecule has 0 radical (unpaired) electrons. The Kier molecular flexibility index (Phi) is 6.64. The summed E-state index contributed by atoms with van der Waals surface area (Å²) < 4.78 is 14.1. The molecule has 0 aliphatic rings. The number of nitrogens with two attached hydrogens (primary N) is 1. The lowest BCUT2D eigenvalue weighted by Crippen LogP contribution is -2.36. The van der Waals surface area contributed by atoms with Crippen LogP contribution in [0.3, 0.4) is 0 Å². The zero-order chi connectivity index (χ0) is 9.40. The molecule has 0 rings (SSSR count). The average molecular weight is 177 g/mol. The van der Waals surface area contributed by atoms with Crippen molar-refractivity contribution in [2.45, 2.75) is 13.0 Å². The molecule has 5 heteroatoms. The molecule has 0 spiro atoms. The quantitative estimate of drug-likeness (QED) is 0.336. The van der Waals surface area contributed by atoms with Gasteiger partial charge in [0.2, 0.25) is 0 Å². The fourth-order valence-corrected chi connectivity index (χ4v) is 0.576. The monoisotopic (exact) mass is 177 g/mol. The van der Waals surface area contributed by atoms with Gasteiger partial charge >= 0.3 is 5.97 Å². The topological polar surface area (TPSA) is 70.8 Å². The van der Waals surface area contributed by atoms with Gasteiger partial charge in [0.25, 0.3) is 0 Å². The summed E-state index contributed by atoms with van der Waals surface area (Å²) in [5.74, 6) is -0.450. The Labute approximate surface area is 71.8 Å². The molecular weight excluding hydrogens is 162 g/mol. The van der Waals surface area contributed by atoms with E-state index in [0.717, 1.165) is 0 Å². The van der Waals surface area contributed by atoms with Gasteiger partial charge in [-0.25, -0.2) is 0 Å². The predicted octanol–water partition coefficient (Wildman–Crippen LogP) is -0.503. The van der Waals surface area contributed by atoms with Crippen LogP contribution in [0.4, 0.5) is 0 Å². The van der Waals surface area contributed by atoms with Crippen molar-refractivity contribution in [3.63, 3.8) is 0 Å². The van der Waals surface area contributed by atoms with Crippen molar-refractivity contribution in [2.24, 2.45) is 5.73 Å². The van der Waals surface area contributed by atoms with E-state index in [1.165, 1.54) is 7.11 Å². The van der Waals surface area contributed by atoms with Crippen LogP contribution in [0.15, 0.2) is 0 Å². The van der Waals surface area contributed by atoms with Gasteiger partial charge in [0.15, 0.2) is 0 Å². The molecule has 0 amide bonds. The van der Waals surface area contributed by atoms with Crippen molar-refractivity contribution in [2.75, 3.05) is 27.1 Å². The van der Waals surface area contributed by atoms with Crippen molar-refractivity contribution in [1.29, 1.82) is 0 Å². The second-order valence-electron chi connectivity index (χ2n) is 2.14. The Morgan fingerprint density at radius 1 is 1.58 bits per heavy atom. The Bertz CT molecular complexity index is 129. The van der Waals surface area contributed by atoms with E-state index in [9.17, 15) is 4.79 Å². The van der Waals surface area contributed by atoms with Crippen LogP contribution in [-0.2, 0) is 19.0 Å². The van der Waals surface area contributed by atoms with E-state index >= 15 is 0 Å². The molecule has 0 saturated heterocycles. The van der Waals surface area contributed by atoms with Crippen LogP contribution < -0.4 is 5.73 Å². The van der Waals surface area contributed by atoms with E-state index in [1.54, 1.807) is 6.92 Å². The van der Waals surface area contributed by atoms with Crippen LogP contribution in [0.5, 0.6) is 0 Å². The molecule has 0 bridgehead atoms. The lowest BCUT2D eigenvalue weighted by atomic mass is 10.3. The molecule has 0 fully saturated rings. The molecule has 72 valence electrons. The summed E-state index contributed by atoms with van der Waals surface area (Å²) in [4.78, 5) is 10.9. The zero-order valence-corrected chi connectivity index (χ0v) is 7.41. The number of carbonyl (C=O) groups is 1. The van der Waals surface area contributed by atoms with Crippen LogP contribution in [0.2, 0.25) is 0 Å². The minimum absolute atomic E-state index is 0.118. The summed E-state index contributed by atoms with van der Waals surface area (Å²) in [5, 5.41) is 0.